The lowest BCUT2D eigenvalue weighted by atomic mass is 10.1. The van der Waals surface area contributed by atoms with Gasteiger partial charge in [0.05, 0.1) is 0 Å². The van der Waals surface area contributed by atoms with E-state index in [9.17, 15) is 0 Å². The van der Waals surface area contributed by atoms with Gasteiger partial charge in [0.15, 0.2) is 0 Å². The molecule has 20 heavy (non-hydrogen) atoms. The van der Waals surface area contributed by atoms with Crippen LogP contribution in [0.1, 0.15) is 38.1 Å². The summed E-state index contributed by atoms with van der Waals surface area (Å²) in [5, 5.41) is 0.491. The molecule has 0 radical (unpaired) electrons. The number of anilines is 2. The third kappa shape index (κ3) is 3.10. The van der Waals surface area contributed by atoms with E-state index in [-0.39, 0.29) is 5.92 Å². The van der Waals surface area contributed by atoms with Crippen molar-refractivity contribution in [3.63, 3.8) is 0 Å². The number of halogens is 1. The Morgan fingerprint density at radius 1 is 1.20 bits per heavy atom. The van der Waals surface area contributed by atoms with Crippen molar-refractivity contribution >= 4 is 23.1 Å². The second-order valence-corrected chi connectivity index (χ2v) is 5.48. The zero-order chi connectivity index (χ0) is 14.7. The van der Waals surface area contributed by atoms with E-state index in [1.54, 1.807) is 0 Å². The van der Waals surface area contributed by atoms with Crippen LogP contribution in [-0.2, 0) is 0 Å². The fraction of sp³-hybridized carbons (Fsp3) is 0.375. The number of rotatable bonds is 4. The molecule has 0 fully saturated rings. The highest BCUT2D eigenvalue weighted by atomic mass is 35.5. The Hall–Kier alpha value is -1.61. The minimum absolute atomic E-state index is 0.253. The third-order valence-electron chi connectivity index (χ3n) is 3.21. The number of hydrogen-bond acceptors (Lipinski definition) is 3. The first kappa shape index (κ1) is 14.8. The summed E-state index contributed by atoms with van der Waals surface area (Å²) in [7, 11) is 0. The van der Waals surface area contributed by atoms with Gasteiger partial charge in [0.25, 0.3) is 0 Å². The summed E-state index contributed by atoms with van der Waals surface area (Å²) >= 11 is 6.14. The predicted octanol–water partition coefficient (Wildman–Crippen LogP) is 4.72. The van der Waals surface area contributed by atoms with Crippen molar-refractivity contribution in [3.05, 3.63) is 46.9 Å². The second kappa shape index (κ2) is 6.23. The molecule has 0 N–H and O–H groups in total. The van der Waals surface area contributed by atoms with Gasteiger partial charge in [-0.2, -0.15) is 0 Å². The maximum absolute atomic E-state index is 6.14. The highest BCUT2D eigenvalue weighted by Crippen LogP contribution is 2.28. The van der Waals surface area contributed by atoms with Gasteiger partial charge in [-0.1, -0.05) is 43.6 Å². The van der Waals surface area contributed by atoms with E-state index in [4.69, 9.17) is 11.6 Å². The van der Waals surface area contributed by atoms with Crippen molar-refractivity contribution in [1.82, 2.24) is 9.97 Å². The first-order valence-electron chi connectivity index (χ1n) is 6.90. The molecular formula is C16H20ClN3. The van der Waals surface area contributed by atoms with E-state index in [0.29, 0.717) is 5.15 Å². The van der Waals surface area contributed by atoms with E-state index in [1.165, 1.54) is 5.56 Å². The number of para-hydroxylation sites is 1. The highest BCUT2D eigenvalue weighted by molar-refractivity contribution is 6.29. The Labute approximate surface area is 125 Å². The molecule has 2 rings (SSSR count). The first-order valence-corrected chi connectivity index (χ1v) is 7.28. The number of benzene rings is 1. The summed E-state index contributed by atoms with van der Waals surface area (Å²) in [5.74, 6) is 1.88. The molecule has 0 unspecified atom stereocenters. The van der Waals surface area contributed by atoms with E-state index in [1.807, 2.05) is 18.2 Å². The second-order valence-electron chi connectivity index (χ2n) is 5.09. The van der Waals surface area contributed by atoms with Crippen molar-refractivity contribution in [2.24, 2.45) is 0 Å². The molecule has 2 aromatic rings. The predicted molar refractivity (Wildman–Crippen MR) is 85.0 cm³/mol. The van der Waals surface area contributed by atoms with Crippen LogP contribution in [0.3, 0.4) is 0 Å². The topological polar surface area (TPSA) is 29.0 Å². The van der Waals surface area contributed by atoms with Crippen LogP contribution in [0, 0.1) is 6.92 Å². The molecule has 1 heterocycles. The molecular weight excluding hydrogens is 270 g/mol. The normalized spacial score (nSPS) is 10.9. The van der Waals surface area contributed by atoms with Crippen LogP contribution in [-0.4, -0.2) is 16.5 Å². The maximum Gasteiger partial charge on any atom is 0.138 e. The Kier molecular flexibility index (Phi) is 4.61. The molecule has 0 aliphatic carbocycles. The van der Waals surface area contributed by atoms with Crippen LogP contribution in [0.4, 0.5) is 11.5 Å². The molecule has 106 valence electrons. The van der Waals surface area contributed by atoms with Crippen molar-refractivity contribution in [1.29, 1.82) is 0 Å². The zero-order valence-electron chi connectivity index (χ0n) is 12.4. The Morgan fingerprint density at radius 3 is 2.50 bits per heavy atom. The SMILES string of the molecule is CCN(c1cc(Cl)nc(C(C)C)n1)c1ccccc1C. The van der Waals surface area contributed by atoms with Crippen LogP contribution < -0.4 is 4.90 Å². The lowest BCUT2D eigenvalue weighted by Gasteiger charge is -2.24. The van der Waals surface area contributed by atoms with Gasteiger partial charge in [-0.05, 0) is 25.5 Å². The molecule has 0 atom stereocenters. The van der Waals surface area contributed by atoms with Crippen LogP contribution >= 0.6 is 11.6 Å². The first-order chi connectivity index (χ1) is 9.52. The third-order valence-corrected chi connectivity index (χ3v) is 3.41. The number of nitrogens with zero attached hydrogens (tertiary/aromatic N) is 3. The lowest BCUT2D eigenvalue weighted by Crippen LogP contribution is -2.19. The molecule has 1 aromatic carbocycles. The van der Waals surface area contributed by atoms with Crippen molar-refractivity contribution in [2.75, 3.05) is 11.4 Å². The molecule has 4 heteroatoms. The molecule has 0 saturated carbocycles. The van der Waals surface area contributed by atoms with E-state index < -0.39 is 0 Å². The Balaban J connectivity index is 2.50. The van der Waals surface area contributed by atoms with Crippen LogP contribution in [0.25, 0.3) is 0 Å². The highest BCUT2D eigenvalue weighted by Gasteiger charge is 2.14. The average molecular weight is 290 g/mol. The Morgan fingerprint density at radius 2 is 1.90 bits per heavy atom. The largest absolute Gasteiger partial charge is 0.326 e. The molecule has 0 saturated heterocycles. The van der Waals surface area contributed by atoms with Gasteiger partial charge in [-0.25, -0.2) is 9.97 Å². The van der Waals surface area contributed by atoms with Crippen LogP contribution in [0.5, 0.6) is 0 Å². The van der Waals surface area contributed by atoms with Gasteiger partial charge >= 0.3 is 0 Å². The fourth-order valence-electron chi connectivity index (χ4n) is 2.14. The maximum atomic E-state index is 6.14. The molecule has 0 aliphatic heterocycles. The van der Waals surface area contributed by atoms with Crippen LogP contribution in [0.15, 0.2) is 30.3 Å². The standard InChI is InChI=1S/C16H20ClN3/c1-5-20(13-9-7-6-8-12(13)4)15-10-14(17)18-16(19-15)11(2)3/h6-11H,5H2,1-4H3. The van der Waals surface area contributed by atoms with Crippen LogP contribution in [0.2, 0.25) is 5.15 Å². The molecule has 0 aliphatic rings. The van der Waals surface area contributed by atoms with Crippen molar-refractivity contribution in [2.45, 2.75) is 33.6 Å². The summed E-state index contributed by atoms with van der Waals surface area (Å²) in [6.45, 7) is 9.18. The zero-order valence-corrected chi connectivity index (χ0v) is 13.1. The fourth-order valence-corrected chi connectivity index (χ4v) is 2.33. The number of aryl methyl sites for hydroxylation is 1. The van der Waals surface area contributed by atoms with Gasteiger partial charge in [-0.15, -0.1) is 0 Å². The summed E-state index contributed by atoms with van der Waals surface area (Å²) in [6.07, 6.45) is 0. The van der Waals surface area contributed by atoms with E-state index >= 15 is 0 Å². The minimum atomic E-state index is 0.253. The van der Waals surface area contributed by atoms with E-state index in [0.717, 1.165) is 23.9 Å². The summed E-state index contributed by atoms with van der Waals surface area (Å²) in [6, 6.07) is 10.1. The van der Waals surface area contributed by atoms with Gasteiger partial charge in [0, 0.05) is 24.2 Å². The summed E-state index contributed by atoms with van der Waals surface area (Å²) in [5.41, 5.74) is 2.37. The average Bonchev–Trinajstić information content (AvgIpc) is 2.41. The van der Waals surface area contributed by atoms with Gasteiger partial charge in [0.2, 0.25) is 0 Å². The number of hydrogen-bond donors (Lipinski definition) is 0. The van der Waals surface area contributed by atoms with Gasteiger partial charge in [-0.3, -0.25) is 0 Å². The smallest absolute Gasteiger partial charge is 0.138 e. The summed E-state index contributed by atoms with van der Waals surface area (Å²) in [4.78, 5) is 11.1. The molecule has 0 bridgehead atoms. The monoisotopic (exact) mass is 289 g/mol. The molecule has 0 spiro atoms. The Bertz CT molecular complexity index is 596. The molecule has 3 nitrogen and oxygen atoms in total. The minimum Gasteiger partial charge on any atom is -0.326 e. The van der Waals surface area contributed by atoms with Gasteiger partial charge < -0.3 is 4.90 Å². The summed E-state index contributed by atoms with van der Waals surface area (Å²) < 4.78 is 0. The quantitative estimate of drug-likeness (QED) is 0.763. The molecule has 1 aromatic heterocycles. The van der Waals surface area contributed by atoms with Gasteiger partial charge in [0.1, 0.15) is 16.8 Å². The lowest BCUT2D eigenvalue weighted by molar-refractivity contribution is 0.769. The number of aromatic nitrogens is 2. The van der Waals surface area contributed by atoms with Crippen molar-refractivity contribution in [3.8, 4) is 0 Å². The van der Waals surface area contributed by atoms with Crippen molar-refractivity contribution < 1.29 is 0 Å². The molecule has 0 amide bonds. The van der Waals surface area contributed by atoms with E-state index in [2.05, 4.69) is 54.7 Å².